The molecule has 21 heavy (non-hydrogen) atoms. The minimum Gasteiger partial charge on any atom is -0.741 e. The average molecular weight is 346 g/mol. The number of rotatable bonds is 2. The lowest BCUT2D eigenvalue weighted by Crippen LogP contribution is -2.21. The molecular weight excluding hydrogens is 329 g/mol. The predicted octanol–water partition coefficient (Wildman–Crippen LogP) is 2.60. The molecule has 1 aromatic rings. The maximum absolute atomic E-state index is 10.7. The second-order valence-corrected chi connectivity index (χ2v) is 7.78. The highest BCUT2D eigenvalue weighted by atomic mass is 32.2. The van der Waals surface area contributed by atoms with Crippen molar-refractivity contribution < 1.29 is 30.9 Å². The topological polar surface area (TPSA) is 66.4 Å². The summed E-state index contributed by atoms with van der Waals surface area (Å²) in [6.45, 7) is 4.20. The average Bonchev–Trinajstić information content (AvgIpc) is 2.26. The maximum Gasteiger partial charge on any atom is 0.485 e. The quantitative estimate of drug-likeness (QED) is 0.469. The van der Waals surface area contributed by atoms with Crippen molar-refractivity contribution in [2.75, 3.05) is 19.6 Å². The van der Waals surface area contributed by atoms with Crippen molar-refractivity contribution in [1.29, 1.82) is 0 Å². The van der Waals surface area contributed by atoms with Gasteiger partial charge >= 0.3 is 5.51 Å². The Morgan fingerprint density at radius 2 is 1.48 bits per heavy atom. The fraction of sp³-hybridized carbons (Fsp3) is 0.500. The standard InChI is InChI=1S/C11H17OS.CHF3O3S/c1-8-6-10(13(4)5)7-9(2)11(8)12-3;2-1(3,4)8(5,6)7/h6-7H,1-5H3;(H,5,6,7)/q+1;/p-1. The van der Waals surface area contributed by atoms with Crippen LogP contribution in [0.5, 0.6) is 5.75 Å². The monoisotopic (exact) mass is 346 g/mol. The van der Waals surface area contributed by atoms with E-state index in [4.69, 9.17) is 17.7 Å². The van der Waals surface area contributed by atoms with E-state index in [1.54, 1.807) is 7.11 Å². The normalized spacial score (nSPS) is 11.9. The highest BCUT2D eigenvalue weighted by Crippen LogP contribution is 2.26. The molecule has 0 saturated heterocycles. The molecule has 0 bridgehead atoms. The van der Waals surface area contributed by atoms with Crippen LogP contribution < -0.4 is 4.74 Å². The van der Waals surface area contributed by atoms with Crippen molar-refractivity contribution in [3.8, 4) is 5.75 Å². The third-order valence-corrected chi connectivity index (χ3v) is 4.14. The van der Waals surface area contributed by atoms with Gasteiger partial charge in [0.25, 0.3) is 0 Å². The van der Waals surface area contributed by atoms with E-state index in [1.807, 2.05) is 0 Å². The van der Waals surface area contributed by atoms with E-state index < -0.39 is 15.6 Å². The summed E-state index contributed by atoms with van der Waals surface area (Å²) in [7, 11) is -4.03. The highest BCUT2D eigenvalue weighted by molar-refractivity contribution is 7.95. The van der Waals surface area contributed by atoms with E-state index in [-0.39, 0.29) is 0 Å². The fourth-order valence-electron chi connectivity index (χ4n) is 1.47. The summed E-state index contributed by atoms with van der Waals surface area (Å²) in [6.07, 6.45) is 4.47. The molecule has 0 atom stereocenters. The highest BCUT2D eigenvalue weighted by Gasteiger charge is 2.36. The zero-order chi connectivity index (χ0) is 17.0. The van der Waals surface area contributed by atoms with Gasteiger partial charge in [-0.2, -0.15) is 13.2 Å². The van der Waals surface area contributed by atoms with Gasteiger partial charge in [-0.05, 0) is 37.1 Å². The summed E-state index contributed by atoms with van der Waals surface area (Å²) in [6, 6.07) is 4.43. The molecule has 9 heteroatoms. The largest absolute Gasteiger partial charge is 0.741 e. The number of ether oxygens (including phenoxy) is 1. The van der Waals surface area contributed by atoms with Crippen molar-refractivity contribution in [1.82, 2.24) is 0 Å². The molecule has 0 spiro atoms. The predicted molar refractivity (Wildman–Crippen MR) is 75.7 cm³/mol. The van der Waals surface area contributed by atoms with Gasteiger partial charge in [-0.1, -0.05) is 0 Å². The molecule has 0 fully saturated rings. The third kappa shape index (κ3) is 6.15. The van der Waals surface area contributed by atoms with E-state index in [0.29, 0.717) is 10.9 Å². The first kappa shape index (κ1) is 20.1. The Kier molecular flexibility index (Phi) is 7.04. The van der Waals surface area contributed by atoms with Crippen LogP contribution in [0, 0.1) is 13.8 Å². The van der Waals surface area contributed by atoms with Gasteiger partial charge in [0.05, 0.1) is 7.11 Å². The molecule has 0 unspecified atom stereocenters. The fourth-order valence-corrected chi connectivity index (χ4v) is 2.29. The minimum absolute atomic E-state index is 0.335. The Balaban J connectivity index is 0.000000433. The van der Waals surface area contributed by atoms with Crippen molar-refractivity contribution in [2.45, 2.75) is 24.3 Å². The molecule has 1 aromatic carbocycles. The molecular formula is C12H17F3O4S2. The van der Waals surface area contributed by atoms with E-state index in [0.717, 1.165) is 5.75 Å². The molecule has 0 heterocycles. The van der Waals surface area contributed by atoms with Crippen LogP contribution in [0.25, 0.3) is 0 Å². The van der Waals surface area contributed by atoms with E-state index in [1.165, 1.54) is 16.0 Å². The summed E-state index contributed by atoms with van der Waals surface area (Å²) >= 11 is 0. The number of hydrogen-bond acceptors (Lipinski definition) is 4. The van der Waals surface area contributed by atoms with E-state index >= 15 is 0 Å². The van der Waals surface area contributed by atoms with Crippen molar-refractivity contribution in [2.24, 2.45) is 0 Å². The number of methoxy groups -OCH3 is 1. The maximum atomic E-state index is 10.7. The first-order valence-electron chi connectivity index (χ1n) is 5.56. The second kappa shape index (κ2) is 7.37. The number of alkyl halides is 3. The Morgan fingerprint density at radius 3 is 1.67 bits per heavy atom. The first-order valence-corrected chi connectivity index (χ1v) is 9.01. The molecule has 0 amide bonds. The lowest BCUT2D eigenvalue weighted by molar-refractivity contribution is -0.0517. The van der Waals surface area contributed by atoms with Crippen molar-refractivity contribution in [3.05, 3.63) is 23.3 Å². The molecule has 0 aromatic heterocycles. The summed E-state index contributed by atoms with van der Waals surface area (Å²) in [5.41, 5.74) is -3.18. The zero-order valence-corrected chi connectivity index (χ0v) is 13.9. The molecule has 4 nitrogen and oxygen atoms in total. The first-order chi connectivity index (χ1) is 9.31. The number of benzene rings is 1. The van der Waals surface area contributed by atoms with Gasteiger partial charge in [-0.15, -0.1) is 0 Å². The van der Waals surface area contributed by atoms with Crippen LogP contribution in [0.2, 0.25) is 0 Å². The van der Waals surface area contributed by atoms with E-state index in [9.17, 15) is 13.2 Å². The van der Waals surface area contributed by atoms with Crippen LogP contribution in [0.3, 0.4) is 0 Å². The number of hydrogen-bond donors (Lipinski definition) is 0. The molecule has 1 rings (SSSR count). The second-order valence-electron chi connectivity index (χ2n) is 4.31. The van der Waals surface area contributed by atoms with Crippen LogP contribution in [-0.4, -0.2) is 38.1 Å². The number of halogens is 3. The zero-order valence-electron chi connectivity index (χ0n) is 12.2. The van der Waals surface area contributed by atoms with Gasteiger partial charge < -0.3 is 9.29 Å². The van der Waals surface area contributed by atoms with Gasteiger partial charge in [0.15, 0.2) is 15.0 Å². The van der Waals surface area contributed by atoms with Crippen LogP contribution in [0.1, 0.15) is 11.1 Å². The van der Waals surface area contributed by atoms with Crippen molar-refractivity contribution >= 4 is 21.0 Å². The summed E-state index contributed by atoms with van der Waals surface area (Å²) in [5, 5.41) is 0. The SMILES string of the molecule is COc1c(C)cc([S+](C)C)cc1C.O=S(=O)([O-])C(F)(F)F. The summed E-state index contributed by atoms with van der Waals surface area (Å²) < 4.78 is 64.2. The molecule has 0 radical (unpaired) electrons. The summed E-state index contributed by atoms with van der Waals surface area (Å²) in [5.74, 6) is 1.02. The Morgan fingerprint density at radius 1 is 1.14 bits per heavy atom. The smallest absolute Gasteiger partial charge is 0.485 e. The molecule has 0 aliphatic carbocycles. The van der Waals surface area contributed by atoms with Crippen LogP contribution in [-0.2, 0) is 21.0 Å². The van der Waals surface area contributed by atoms with Crippen LogP contribution in [0.15, 0.2) is 17.0 Å². The van der Waals surface area contributed by atoms with Crippen LogP contribution in [0.4, 0.5) is 13.2 Å². The van der Waals surface area contributed by atoms with Gasteiger partial charge in [0, 0.05) is 10.9 Å². The van der Waals surface area contributed by atoms with Crippen LogP contribution >= 0.6 is 0 Å². The minimum atomic E-state index is -6.09. The molecule has 122 valence electrons. The van der Waals surface area contributed by atoms with Crippen molar-refractivity contribution in [3.63, 3.8) is 0 Å². The van der Waals surface area contributed by atoms with Gasteiger partial charge in [0.2, 0.25) is 0 Å². The lowest BCUT2D eigenvalue weighted by atomic mass is 10.1. The molecule has 0 N–H and O–H groups in total. The van der Waals surface area contributed by atoms with Gasteiger partial charge in [-0.3, -0.25) is 0 Å². The summed E-state index contributed by atoms with van der Waals surface area (Å²) in [4.78, 5) is 1.41. The van der Waals surface area contributed by atoms with Gasteiger partial charge in [0.1, 0.15) is 18.3 Å². The molecule has 0 aliphatic rings. The van der Waals surface area contributed by atoms with E-state index in [2.05, 4.69) is 38.5 Å². The van der Waals surface area contributed by atoms with Gasteiger partial charge in [-0.25, -0.2) is 8.42 Å². The Hall–Kier alpha value is -0.930. The molecule has 0 aliphatic heterocycles. The Bertz CT molecular complexity index is 558. The number of aryl methyl sites for hydroxylation is 2. The lowest BCUT2D eigenvalue weighted by Gasteiger charge is -2.08. The third-order valence-electron chi connectivity index (χ3n) is 2.39. The molecule has 0 saturated carbocycles. The Labute approximate surface area is 125 Å².